The molecule has 216 valence electrons. The highest BCUT2D eigenvalue weighted by molar-refractivity contribution is 6.39. The molecule has 2 amide bonds. The van der Waals surface area contributed by atoms with Crippen LogP contribution in [0.2, 0.25) is 0 Å². The van der Waals surface area contributed by atoms with E-state index in [-0.39, 0.29) is 6.61 Å². The lowest BCUT2D eigenvalue weighted by atomic mass is 9.74. The van der Waals surface area contributed by atoms with Gasteiger partial charge in [0.15, 0.2) is 12.2 Å². The van der Waals surface area contributed by atoms with Crippen LogP contribution in [0.25, 0.3) is 11.3 Å². The van der Waals surface area contributed by atoms with Crippen molar-refractivity contribution < 1.29 is 33.0 Å². The minimum absolute atomic E-state index is 0.202. The van der Waals surface area contributed by atoms with E-state index in [0.29, 0.717) is 47.1 Å². The summed E-state index contributed by atoms with van der Waals surface area (Å²) in [5.41, 5.74) is 1.91. The van der Waals surface area contributed by atoms with Crippen molar-refractivity contribution in [1.82, 2.24) is 10.3 Å². The number of nitrogens with zero attached hydrogens (tertiary/aromatic N) is 1. The fourth-order valence-electron chi connectivity index (χ4n) is 4.71. The third kappa shape index (κ3) is 6.95. The van der Waals surface area contributed by atoms with Gasteiger partial charge in [0.05, 0.1) is 31.0 Å². The highest BCUT2D eigenvalue weighted by Gasteiger charge is 2.39. The largest absolute Gasteiger partial charge is 0.496 e. The number of anilines is 1. The second kappa shape index (κ2) is 13.0. The normalized spacial score (nSPS) is 13.4. The van der Waals surface area contributed by atoms with Crippen molar-refractivity contribution in [2.45, 2.75) is 37.8 Å². The molecular formula is C32H31N3O7. The van der Waals surface area contributed by atoms with E-state index in [0.717, 1.165) is 24.8 Å². The summed E-state index contributed by atoms with van der Waals surface area (Å²) in [5, 5.41) is 5.53. The Bertz CT molecular complexity index is 1520. The summed E-state index contributed by atoms with van der Waals surface area (Å²) in [4.78, 5) is 41.7. The Morgan fingerprint density at radius 1 is 0.976 bits per heavy atom. The lowest BCUT2D eigenvalue weighted by Gasteiger charge is -2.42. The summed E-state index contributed by atoms with van der Waals surface area (Å²) in [6.45, 7) is 0.536. The van der Waals surface area contributed by atoms with E-state index in [4.69, 9.17) is 18.6 Å². The molecular weight excluding hydrogens is 538 g/mol. The van der Waals surface area contributed by atoms with Gasteiger partial charge in [0.1, 0.15) is 18.1 Å². The molecule has 2 N–H and O–H groups in total. The number of hydrogen-bond donors (Lipinski definition) is 2. The third-order valence-electron chi connectivity index (χ3n) is 7.20. The molecule has 0 aliphatic heterocycles. The molecule has 1 saturated carbocycles. The monoisotopic (exact) mass is 569 g/mol. The maximum Gasteiger partial charge on any atom is 0.338 e. The molecule has 0 atom stereocenters. The van der Waals surface area contributed by atoms with Crippen molar-refractivity contribution in [1.29, 1.82) is 0 Å². The standard InChI is InChI=1S/C32H31N3O7/c1-39-27-18-24(10-13-26(27)28-19-33-21-42-28)34-29(36)30(37)35-32(14-5-15-32)16-17-40-25-11-8-23(9-12-25)31(38)41-20-22-6-3-2-4-7-22/h2-4,6-13,18-19,21H,5,14-17,20H2,1H3,(H,34,36)(H,35,37). The van der Waals surface area contributed by atoms with Gasteiger partial charge in [-0.15, -0.1) is 0 Å². The molecule has 1 fully saturated rings. The van der Waals surface area contributed by atoms with Gasteiger partial charge in [-0.3, -0.25) is 9.59 Å². The lowest BCUT2D eigenvalue weighted by Crippen LogP contribution is -2.56. The first kappa shape index (κ1) is 28.4. The Kier molecular flexibility index (Phi) is 8.81. The quantitative estimate of drug-likeness (QED) is 0.187. The second-order valence-corrected chi connectivity index (χ2v) is 10.0. The minimum atomic E-state index is -0.772. The van der Waals surface area contributed by atoms with Gasteiger partial charge in [-0.1, -0.05) is 30.3 Å². The van der Waals surface area contributed by atoms with Crippen LogP contribution in [0.15, 0.2) is 89.8 Å². The van der Waals surface area contributed by atoms with Crippen molar-refractivity contribution >= 4 is 23.5 Å². The van der Waals surface area contributed by atoms with Crippen molar-refractivity contribution in [2.75, 3.05) is 19.0 Å². The van der Waals surface area contributed by atoms with E-state index in [1.165, 1.54) is 13.5 Å². The topological polar surface area (TPSA) is 129 Å². The van der Waals surface area contributed by atoms with Gasteiger partial charge in [-0.05, 0) is 61.2 Å². The van der Waals surface area contributed by atoms with Crippen LogP contribution in [0.5, 0.6) is 11.5 Å². The molecule has 5 rings (SSSR count). The number of nitrogens with one attached hydrogen (secondary N) is 2. The molecule has 0 saturated heterocycles. The second-order valence-electron chi connectivity index (χ2n) is 10.0. The Morgan fingerprint density at radius 2 is 1.76 bits per heavy atom. The first-order valence-corrected chi connectivity index (χ1v) is 13.6. The highest BCUT2D eigenvalue weighted by atomic mass is 16.5. The first-order chi connectivity index (χ1) is 20.4. The number of oxazole rings is 1. The van der Waals surface area contributed by atoms with E-state index in [2.05, 4.69) is 15.6 Å². The Morgan fingerprint density at radius 3 is 2.43 bits per heavy atom. The Balaban J connectivity index is 1.09. The van der Waals surface area contributed by atoms with E-state index in [9.17, 15) is 14.4 Å². The average molecular weight is 570 g/mol. The van der Waals surface area contributed by atoms with Crippen LogP contribution >= 0.6 is 0 Å². The number of rotatable bonds is 11. The van der Waals surface area contributed by atoms with Crippen molar-refractivity contribution in [2.24, 2.45) is 0 Å². The van der Waals surface area contributed by atoms with E-state index < -0.39 is 23.3 Å². The van der Waals surface area contributed by atoms with Gasteiger partial charge < -0.3 is 29.3 Å². The highest BCUT2D eigenvalue weighted by Crippen LogP contribution is 2.35. The van der Waals surface area contributed by atoms with Gasteiger partial charge in [0.2, 0.25) is 0 Å². The van der Waals surface area contributed by atoms with Gasteiger partial charge in [0.25, 0.3) is 0 Å². The predicted molar refractivity (Wildman–Crippen MR) is 154 cm³/mol. The Labute approximate surface area is 243 Å². The number of carbonyl (C=O) groups is 3. The van der Waals surface area contributed by atoms with Crippen LogP contribution < -0.4 is 20.1 Å². The predicted octanol–water partition coefficient (Wildman–Crippen LogP) is 5.15. The molecule has 0 bridgehead atoms. The zero-order chi connectivity index (χ0) is 29.4. The van der Waals surface area contributed by atoms with Gasteiger partial charge in [-0.25, -0.2) is 9.78 Å². The zero-order valence-corrected chi connectivity index (χ0v) is 23.1. The molecule has 0 unspecified atom stereocenters. The van der Waals surface area contributed by atoms with Crippen LogP contribution in [0.1, 0.15) is 41.6 Å². The number of hydrogen-bond acceptors (Lipinski definition) is 8. The molecule has 10 nitrogen and oxygen atoms in total. The third-order valence-corrected chi connectivity index (χ3v) is 7.20. The van der Waals surface area contributed by atoms with Crippen LogP contribution in [-0.4, -0.2) is 42.0 Å². The maximum absolute atomic E-state index is 12.8. The number of amides is 2. The Hall–Kier alpha value is -5.12. The molecule has 1 aromatic heterocycles. The zero-order valence-electron chi connectivity index (χ0n) is 23.1. The molecule has 0 spiro atoms. The molecule has 42 heavy (non-hydrogen) atoms. The number of methoxy groups -OCH3 is 1. The number of ether oxygens (including phenoxy) is 3. The van der Waals surface area contributed by atoms with Crippen molar-refractivity contribution in [3.8, 4) is 22.8 Å². The smallest absolute Gasteiger partial charge is 0.338 e. The number of carbonyl (C=O) groups excluding carboxylic acids is 3. The SMILES string of the molecule is COc1cc(NC(=O)C(=O)NC2(CCOc3ccc(C(=O)OCc4ccccc4)cc3)CCC2)ccc1-c1cnco1. The van der Waals surface area contributed by atoms with E-state index in [1.54, 1.807) is 48.7 Å². The molecule has 1 heterocycles. The summed E-state index contributed by atoms with van der Waals surface area (Å²) in [6.07, 6.45) is 5.86. The average Bonchev–Trinajstić information content (AvgIpc) is 3.54. The van der Waals surface area contributed by atoms with Crippen LogP contribution in [0.3, 0.4) is 0 Å². The molecule has 4 aromatic rings. The van der Waals surface area contributed by atoms with E-state index in [1.807, 2.05) is 30.3 Å². The van der Waals surface area contributed by atoms with Gasteiger partial charge >= 0.3 is 17.8 Å². The van der Waals surface area contributed by atoms with Crippen LogP contribution in [-0.2, 0) is 20.9 Å². The number of aromatic nitrogens is 1. The summed E-state index contributed by atoms with van der Waals surface area (Å²) < 4.78 is 22.0. The van der Waals surface area contributed by atoms with Crippen LogP contribution in [0, 0.1) is 0 Å². The molecule has 3 aromatic carbocycles. The molecule has 1 aliphatic rings. The first-order valence-electron chi connectivity index (χ1n) is 13.6. The molecule has 1 aliphatic carbocycles. The van der Waals surface area contributed by atoms with Crippen molar-refractivity contribution in [3.05, 3.63) is 96.5 Å². The van der Waals surface area contributed by atoms with Crippen LogP contribution in [0.4, 0.5) is 5.69 Å². The lowest BCUT2D eigenvalue weighted by molar-refractivity contribution is -0.138. The molecule has 0 radical (unpaired) electrons. The molecule has 10 heteroatoms. The maximum atomic E-state index is 12.8. The number of esters is 1. The van der Waals surface area contributed by atoms with Crippen molar-refractivity contribution in [3.63, 3.8) is 0 Å². The van der Waals surface area contributed by atoms with E-state index >= 15 is 0 Å². The summed E-state index contributed by atoms with van der Waals surface area (Å²) >= 11 is 0. The summed E-state index contributed by atoms with van der Waals surface area (Å²) in [6, 6.07) is 21.2. The minimum Gasteiger partial charge on any atom is -0.496 e. The summed E-state index contributed by atoms with van der Waals surface area (Å²) in [7, 11) is 1.51. The number of benzene rings is 3. The fourth-order valence-corrected chi connectivity index (χ4v) is 4.71. The fraction of sp³-hybridized carbons (Fsp3) is 0.250. The summed E-state index contributed by atoms with van der Waals surface area (Å²) in [5.74, 6) is -0.318. The van der Waals surface area contributed by atoms with Gasteiger partial charge in [-0.2, -0.15) is 0 Å². The van der Waals surface area contributed by atoms with Gasteiger partial charge in [0, 0.05) is 23.7 Å².